The number of para-hydroxylation sites is 2. The predicted octanol–water partition coefficient (Wildman–Crippen LogP) is 3.35. The van der Waals surface area contributed by atoms with Gasteiger partial charge in [-0.05, 0) is 38.1 Å². The summed E-state index contributed by atoms with van der Waals surface area (Å²) in [5.41, 5.74) is 3.00. The Balaban J connectivity index is 1.70. The second kappa shape index (κ2) is 6.95. The first kappa shape index (κ1) is 16.4. The molecule has 0 saturated heterocycles. The van der Waals surface area contributed by atoms with E-state index in [1.165, 1.54) is 0 Å². The smallest absolute Gasteiger partial charge is 0.253 e. The lowest BCUT2D eigenvalue weighted by Gasteiger charge is -2.37. The van der Waals surface area contributed by atoms with Crippen molar-refractivity contribution in [3.8, 4) is 5.75 Å². The normalized spacial score (nSPS) is 16.3. The van der Waals surface area contributed by atoms with Crippen molar-refractivity contribution in [2.24, 2.45) is 0 Å². The molecule has 0 aromatic heterocycles. The Morgan fingerprint density at radius 1 is 1.21 bits per heavy atom. The molecule has 4 nitrogen and oxygen atoms in total. The van der Waals surface area contributed by atoms with Crippen molar-refractivity contribution in [2.75, 3.05) is 31.6 Å². The second-order valence-electron chi connectivity index (χ2n) is 6.30. The number of likely N-dealkylation sites (N-methyl/N-ethyl adjacent to an activating group) is 2. The van der Waals surface area contributed by atoms with Gasteiger partial charge in [-0.2, -0.15) is 0 Å². The summed E-state index contributed by atoms with van der Waals surface area (Å²) in [6.45, 7) is 6.44. The van der Waals surface area contributed by atoms with Crippen LogP contribution in [0.4, 0.5) is 5.69 Å². The van der Waals surface area contributed by atoms with Crippen molar-refractivity contribution >= 4 is 11.6 Å². The molecule has 1 aliphatic rings. The summed E-state index contributed by atoms with van der Waals surface area (Å²) in [6.07, 6.45) is -0.0285. The summed E-state index contributed by atoms with van der Waals surface area (Å²) in [4.78, 5) is 16.6. The van der Waals surface area contributed by atoms with Gasteiger partial charge in [0.1, 0.15) is 11.9 Å². The van der Waals surface area contributed by atoms with Crippen molar-refractivity contribution < 1.29 is 9.53 Å². The molecule has 0 unspecified atom stereocenters. The van der Waals surface area contributed by atoms with Crippen LogP contribution in [0.25, 0.3) is 0 Å². The zero-order valence-corrected chi connectivity index (χ0v) is 14.5. The second-order valence-corrected chi connectivity index (χ2v) is 6.30. The summed E-state index contributed by atoms with van der Waals surface area (Å²) < 4.78 is 6.10. The minimum Gasteiger partial charge on any atom is -0.485 e. The van der Waals surface area contributed by atoms with Gasteiger partial charge in [-0.25, -0.2) is 0 Å². The van der Waals surface area contributed by atoms with Crippen LogP contribution in [0.3, 0.4) is 0 Å². The van der Waals surface area contributed by atoms with E-state index in [9.17, 15) is 4.79 Å². The van der Waals surface area contributed by atoms with Crippen LogP contribution < -0.4 is 9.64 Å². The number of amides is 1. The lowest BCUT2D eigenvalue weighted by Crippen LogP contribution is -2.46. The number of hydrogen-bond donors (Lipinski definition) is 0. The van der Waals surface area contributed by atoms with Gasteiger partial charge < -0.3 is 14.5 Å². The van der Waals surface area contributed by atoms with E-state index in [0.717, 1.165) is 30.1 Å². The van der Waals surface area contributed by atoms with E-state index >= 15 is 0 Å². The first-order valence-electron chi connectivity index (χ1n) is 8.41. The monoisotopic (exact) mass is 324 g/mol. The average molecular weight is 324 g/mol. The third kappa shape index (κ3) is 3.37. The Kier molecular flexibility index (Phi) is 4.74. The molecule has 126 valence electrons. The maximum atomic E-state index is 12.6. The Hall–Kier alpha value is -2.49. The van der Waals surface area contributed by atoms with Gasteiger partial charge >= 0.3 is 0 Å². The summed E-state index contributed by atoms with van der Waals surface area (Å²) in [6, 6.07) is 15.8. The van der Waals surface area contributed by atoms with Crippen molar-refractivity contribution in [1.29, 1.82) is 0 Å². The summed E-state index contributed by atoms with van der Waals surface area (Å²) in [7, 11) is 1.84. The molecule has 1 heterocycles. The van der Waals surface area contributed by atoms with E-state index in [-0.39, 0.29) is 12.0 Å². The van der Waals surface area contributed by atoms with Gasteiger partial charge in [0, 0.05) is 19.2 Å². The number of benzene rings is 2. The van der Waals surface area contributed by atoms with E-state index in [4.69, 9.17) is 4.74 Å². The number of anilines is 1. The largest absolute Gasteiger partial charge is 0.485 e. The van der Waals surface area contributed by atoms with Crippen molar-refractivity contribution in [1.82, 2.24) is 4.90 Å². The Labute approximate surface area is 143 Å². The quantitative estimate of drug-likeness (QED) is 0.864. The first-order valence-corrected chi connectivity index (χ1v) is 8.41. The molecule has 0 spiro atoms. The highest BCUT2D eigenvalue weighted by molar-refractivity contribution is 5.94. The Morgan fingerprint density at radius 2 is 1.92 bits per heavy atom. The fraction of sp³-hybridized carbons (Fsp3) is 0.350. The first-order chi connectivity index (χ1) is 11.6. The number of rotatable bonds is 4. The highest BCUT2D eigenvalue weighted by Gasteiger charge is 2.26. The SMILES string of the molecule is CCN1C[C@@H](CN(C)C(=O)c2ccc(C)cc2)Oc2ccccc21. The van der Waals surface area contributed by atoms with Crippen LogP contribution in [-0.4, -0.2) is 43.6 Å². The zero-order chi connectivity index (χ0) is 17.1. The molecule has 2 aromatic carbocycles. The van der Waals surface area contributed by atoms with Crippen molar-refractivity contribution in [3.05, 3.63) is 59.7 Å². The molecular weight excluding hydrogens is 300 g/mol. The maximum absolute atomic E-state index is 12.6. The van der Waals surface area contributed by atoms with Gasteiger partial charge in [0.25, 0.3) is 5.91 Å². The van der Waals surface area contributed by atoms with E-state index in [1.807, 2.05) is 56.4 Å². The highest BCUT2D eigenvalue weighted by Crippen LogP contribution is 2.32. The fourth-order valence-corrected chi connectivity index (χ4v) is 3.08. The zero-order valence-electron chi connectivity index (χ0n) is 14.5. The number of ether oxygens (including phenoxy) is 1. The maximum Gasteiger partial charge on any atom is 0.253 e. The van der Waals surface area contributed by atoms with E-state index < -0.39 is 0 Å². The molecule has 0 fully saturated rings. The van der Waals surface area contributed by atoms with Gasteiger partial charge in [-0.3, -0.25) is 4.79 Å². The van der Waals surface area contributed by atoms with Gasteiger partial charge in [0.05, 0.1) is 18.8 Å². The molecule has 1 atom stereocenters. The third-order valence-corrected chi connectivity index (χ3v) is 4.43. The lowest BCUT2D eigenvalue weighted by atomic mass is 10.1. The van der Waals surface area contributed by atoms with E-state index in [2.05, 4.69) is 17.9 Å². The number of carbonyl (C=O) groups excluding carboxylic acids is 1. The molecule has 4 heteroatoms. The van der Waals surface area contributed by atoms with Gasteiger partial charge in [0.15, 0.2) is 0 Å². The molecule has 0 bridgehead atoms. The van der Waals surface area contributed by atoms with Gasteiger partial charge in [-0.1, -0.05) is 29.8 Å². The molecule has 1 amide bonds. The highest BCUT2D eigenvalue weighted by atomic mass is 16.5. The Bertz CT molecular complexity index is 712. The molecule has 0 N–H and O–H groups in total. The van der Waals surface area contributed by atoms with Crippen LogP contribution in [0, 0.1) is 6.92 Å². The van der Waals surface area contributed by atoms with E-state index in [1.54, 1.807) is 4.90 Å². The molecule has 1 aliphatic heterocycles. The van der Waals surface area contributed by atoms with Crippen LogP contribution in [0.5, 0.6) is 5.75 Å². The van der Waals surface area contributed by atoms with Crippen molar-refractivity contribution in [2.45, 2.75) is 20.0 Å². The molecule has 0 radical (unpaired) electrons. The van der Waals surface area contributed by atoms with E-state index in [0.29, 0.717) is 12.1 Å². The summed E-state index contributed by atoms with van der Waals surface area (Å²) in [5.74, 6) is 0.923. The van der Waals surface area contributed by atoms with Crippen LogP contribution in [0.2, 0.25) is 0 Å². The molecule has 24 heavy (non-hydrogen) atoms. The van der Waals surface area contributed by atoms with Crippen molar-refractivity contribution in [3.63, 3.8) is 0 Å². The predicted molar refractivity (Wildman–Crippen MR) is 96.9 cm³/mol. The average Bonchev–Trinajstić information content (AvgIpc) is 2.61. The molecular formula is C20H24N2O2. The standard InChI is InChI=1S/C20H24N2O2/c1-4-22-14-17(24-19-8-6-5-7-18(19)22)13-21(3)20(23)16-11-9-15(2)10-12-16/h5-12,17H,4,13-14H2,1-3H3/t17-/m1/s1. The number of aryl methyl sites for hydroxylation is 1. The van der Waals surface area contributed by atoms with Gasteiger partial charge in [0.2, 0.25) is 0 Å². The topological polar surface area (TPSA) is 32.8 Å². The van der Waals surface area contributed by atoms with Crippen LogP contribution in [-0.2, 0) is 0 Å². The minimum atomic E-state index is -0.0285. The molecule has 3 rings (SSSR count). The van der Waals surface area contributed by atoms with Crippen LogP contribution in [0.15, 0.2) is 48.5 Å². The number of nitrogens with zero attached hydrogens (tertiary/aromatic N) is 2. The third-order valence-electron chi connectivity index (χ3n) is 4.43. The summed E-state index contributed by atoms with van der Waals surface area (Å²) >= 11 is 0. The number of fused-ring (bicyclic) bond motifs is 1. The van der Waals surface area contributed by atoms with Gasteiger partial charge in [-0.15, -0.1) is 0 Å². The van der Waals surface area contributed by atoms with Crippen LogP contribution in [0.1, 0.15) is 22.8 Å². The number of hydrogen-bond acceptors (Lipinski definition) is 3. The fourth-order valence-electron chi connectivity index (χ4n) is 3.08. The minimum absolute atomic E-state index is 0.0282. The van der Waals surface area contributed by atoms with Crippen LogP contribution >= 0.6 is 0 Å². The summed E-state index contributed by atoms with van der Waals surface area (Å²) in [5, 5.41) is 0. The molecule has 2 aromatic rings. The lowest BCUT2D eigenvalue weighted by molar-refractivity contribution is 0.0709. The molecule has 0 aliphatic carbocycles. The number of carbonyl (C=O) groups is 1. The Morgan fingerprint density at radius 3 is 2.62 bits per heavy atom. The molecule has 0 saturated carbocycles.